The van der Waals surface area contributed by atoms with Gasteiger partial charge in [-0.15, -0.1) is 11.3 Å². The highest BCUT2D eigenvalue weighted by Gasteiger charge is 2.34. The van der Waals surface area contributed by atoms with Crippen molar-refractivity contribution in [2.75, 3.05) is 0 Å². The molecule has 1 heterocycles. The molecular formula is C9H14F2N2S. The SMILES string of the molecule is CC(C)c1ncc(C(C)(N)C(F)F)s1. The molecule has 1 unspecified atom stereocenters. The number of aromatic nitrogens is 1. The molecule has 0 aliphatic carbocycles. The maximum absolute atomic E-state index is 12.6. The molecule has 0 radical (unpaired) electrons. The molecule has 1 aromatic heterocycles. The van der Waals surface area contributed by atoms with Crippen LogP contribution in [-0.2, 0) is 5.54 Å². The van der Waals surface area contributed by atoms with Gasteiger partial charge >= 0.3 is 0 Å². The number of hydrogen-bond acceptors (Lipinski definition) is 3. The second-order valence-corrected chi connectivity index (χ2v) is 4.86. The summed E-state index contributed by atoms with van der Waals surface area (Å²) in [6.07, 6.45) is -1.12. The minimum atomic E-state index is -2.57. The Morgan fingerprint density at radius 3 is 2.43 bits per heavy atom. The summed E-state index contributed by atoms with van der Waals surface area (Å²) in [5.41, 5.74) is 3.94. The normalized spacial score (nSPS) is 16.3. The van der Waals surface area contributed by atoms with Gasteiger partial charge in [-0.3, -0.25) is 0 Å². The van der Waals surface area contributed by atoms with Crippen LogP contribution in [0.5, 0.6) is 0 Å². The number of halogens is 2. The van der Waals surface area contributed by atoms with Crippen LogP contribution in [-0.4, -0.2) is 11.4 Å². The first-order valence-electron chi connectivity index (χ1n) is 4.39. The lowest BCUT2D eigenvalue weighted by atomic mass is 10.0. The van der Waals surface area contributed by atoms with Crippen LogP contribution in [0.4, 0.5) is 8.78 Å². The highest BCUT2D eigenvalue weighted by atomic mass is 32.1. The van der Waals surface area contributed by atoms with Gasteiger partial charge in [0.2, 0.25) is 0 Å². The summed E-state index contributed by atoms with van der Waals surface area (Å²) in [7, 11) is 0. The van der Waals surface area contributed by atoms with Crippen LogP contribution in [0.1, 0.15) is 36.6 Å². The summed E-state index contributed by atoms with van der Waals surface area (Å²) in [5, 5.41) is 0.845. The smallest absolute Gasteiger partial charge is 0.260 e. The van der Waals surface area contributed by atoms with E-state index >= 15 is 0 Å². The molecule has 0 saturated carbocycles. The molecule has 14 heavy (non-hydrogen) atoms. The Hall–Kier alpha value is -0.550. The molecule has 2 nitrogen and oxygen atoms in total. The van der Waals surface area contributed by atoms with Gasteiger partial charge in [0, 0.05) is 12.1 Å². The Morgan fingerprint density at radius 2 is 2.07 bits per heavy atom. The third-order valence-corrected chi connectivity index (χ3v) is 3.55. The number of rotatable bonds is 3. The van der Waals surface area contributed by atoms with Crippen LogP contribution in [0.3, 0.4) is 0 Å². The first-order chi connectivity index (χ1) is 6.35. The second kappa shape index (κ2) is 3.90. The fraction of sp³-hybridized carbons (Fsp3) is 0.667. The van der Waals surface area contributed by atoms with E-state index < -0.39 is 12.0 Å². The summed E-state index contributed by atoms with van der Waals surface area (Å²) in [6.45, 7) is 5.27. The molecular weight excluding hydrogens is 206 g/mol. The molecule has 2 N–H and O–H groups in total. The number of hydrogen-bond donors (Lipinski definition) is 1. The first kappa shape index (κ1) is 11.5. The van der Waals surface area contributed by atoms with Crippen molar-refractivity contribution in [1.29, 1.82) is 0 Å². The molecule has 0 fully saturated rings. The quantitative estimate of drug-likeness (QED) is 0.850. The topological polar surface area (TPSA) is 38.9 Å². The van der Waals surface area contributed by atoms with Gasteiger partial charge in [0.1, 0.15) is 5.54 Å². The first-order valence-corrected chi connectivity index (χ1v) is 5.20. The van der Waals surface area contributed by atoms with E-state index in [9.17, 15) is 8.78 Å². The fourth-order valence-corrected chi connectivity index (χ4v) is 1.89. The van der Waals surface area contributed by atoms with Crippen molar-refractivity contribution in [3.63, 3.8) is 0 Å². The number of alkyl halides is 2. The minimum Gasteiger partial charge on any atom is -0.316 e. The lowest BCUT2D eigenvalue weighted by Gasteiger charge is -2.21. The standard InChI is InChI=1S/C9H14F2N2S/c1-5(2)7-13-4-6(14-7)9(3,12)8(10)11/h4-5,8H,12H2,1-3H3. The van der Waals surface area contributed by atoms with Crippen LogP contribution >= 0.6 is 11.3 Å². The summed E-state index contributed by atoms with van der Waals surface area (Å²) in [4.78, 5) is 4.51. The molecule has 0 aliphatic heterocycles. The minimum absolute atomic E-state index is 0.252. The van der Waals surface area contributed by atoms with E-state index in [1.165, 1.54) is 24.5 Å². The molecule has 0 spiro atoms. The van der Waals surface area contributed by atoms with Crippen molar-refractivity contribution < 1.29 is 8.78 Å². The molecule has 1 rings (SSSR count). The van der Waals surface area contributed by atoms with Crippen molar-refractivity contribution >= 4 is 11.3 Å². The van der Waals surface area contributed by atoms with Gasteiger partial charge in [-0.1, -0.05) is 13.8 Å². The summed E-state index contributed by atoms with van der Waals surface area (Å²) in [6, 6.07) is 0. The molecule has 0 aliphatic rings. The van der Waals surface area contributed by atoms with Crippen LogP contribution in [0.2, 0.25) is 0 Å². The van der Waals surface area contributed by atoms with Crippen molar-refractivity contribution in [1.82, 2.24) is 4.98 Å². The lowest BCUT2D eigenvalue weighted by Crippen LogP contribution is -2.39. The largest absolute Gasteiger partial charge is 0.316 e. The van der Waals surface area contributed by atoms with E-state index in [0.717, 1.165) is 5.01 Å². The van der Waals surface area contributed by atoms with E-state index in [1.54, 1.807) is 0 Å². The monoisotopic (exact) mass is 220 g/mol. The van der Waals surface area contributed by atoms with Crippen molar-refractivity contribution in [2.45, 2.75) is 38.7 Å². The van der Waals surface area contributed by atoms with Crippen molar-refractivity contribution in [3.8, 4) is 0 Å². The molecule has 1 aromatic rings. The van der Waals surface area contributed by atoms with Gasteiger partial charge in [-0.25, -0.2) is 13.8 Å². The molecule has 80 valence electrons. The number of nitrogens with zero attached hydrogens (tertiary/aromatic N) is 1. The van der Waals surface area contributed by atoms with Gasteiger partial charge in [0.05, 0.1) is 9.88 Å². The molecule has 0 amide bonds. The summed E-state index contributed by atoms with van der Waals surface area (Å²) in [5.74, 6) is 0.252. The average molecular weight is 220 g/mol. The van der Waals surface area contributed by atoms with Crippen LogP contribution in [0, 0.1) is 0 Å². The van der Waals surface area contributed by atoms with Gasteiger partial charge < -0.3 is 5.73 Å². The van der Waals surface area contributed by atoms with Crippen LogP contribution < -0.4 is 5.73 Å². The van der Waals surface area contributed by atoms with Crippen LogP contribution in [0.25, 0.3) is 0 Å². The average Bonchev–Trinajstić information content (AvgIpc) is 2.51. The fourth-order valence-electron chi connectivity index (χ4n) is 0.911. The van der Waals surface area contributed by atoms with E-state index in [4.69, 9.17) is 5.73 Å². The number of thiazole rings is 1. The van der Waals surface area contributed by atoms with Gasteiger partial charge in [0.15, 0.2) is 0 Å². The summed E-state index contributed by atoms with van der Waals surface area (Å²) < 4.78 is 25.1. The zero-order valence-corrected chi connectivity index (χ0v) is 9.24. The molecule has 0 aromatic carbocycles. The van der Waals surface area contributed by atoms with Gasteiger partial charge in [0.25, 0.3) is 6.43 Å². The highest BCUT2D eigenvalue weighted by Crippen LogP contribution is 2.31. The Bertz CT molecular complexity index is 308. The predicted octanol–water partition coefficient (Wildman–Crippen LogP) is 2.71. The third kappa shape index (κ3) is 2.09. The number of nitrogens with two attached hydrogens (primary N) is 1. The maximum Gasteiger partial charge on any atom is 0.260 e. The zero-order valence-electron chi connectivity index (χ0n) is 8.42. The Labute approximate surface area is 86.2 Å². The van der Waals surface area contributed by atoms with E-state index in [0.29, 0.717) is 4.88 Å². The van der Waals surface area contributed by atoms with Gasteiger partial charge in [-0.2, -0.15) is 0 Å². The van der Waals surface area contributed by atoms with Crippen molar-refractivity contribution in [3.05, 3.63) is 16.1 Å². The zero-order chi connectivity index (χ0) is 10.9. The van der Waals surface area contributed by atoms with E-state index in [2.05, 4.69) is 4.98 Å². The van der Waals surface area contributed by atoms with Crippen molar-refractivity contribution in [2.24, 2.45) is 5.73 Å². The Kier molecular flexibility index (Phi) is 3.21. The molecule has 0 saturated heterocycles. The molecule has 5 heteroatoms. The molecule has 0 bridgehead atoms. The molecule has 1 atom stereocenters. The lowest BCUT2D eigenvalue weighted by molar-refractivity contribution is 0.0643. The third-order valence-electron chi connectivity index (χ3n) is 2.00. The maximum atomic E-state index is 12.6. The van der Waals surface area contributed by atoms with E-state index in [1.807, 2.05) is 13.8 Å². The highest BCUT2D eigenvalue weighted by molar-refractivity contribution is 7.11. The summed E-state index contributed by atoms with van der Waals surface area (Å²) >= 11 is 1.26. The Morgan fingerprint density at radius 1 is 1.50 bits per heavy atom. The predicted molar refractivity (Wildman–Crippen MR) is 53.7 cm³/mol. The van der Waals surface area contributed by atoms with Gasteiger partial charge in [-0.05, 0) is 6.92 Å². The van der Waals surface area contributed by atoms with E-state index in [-0.39, 0.29) is 5.92 Å². The second-order valence-electron chi connectivity index (χ2n) is 3.80. The van der Waals surface area contributed by atoms with Crippen LogP contribution in [0.15, 0.2) is 6.20 Å². The Balaban J connectivity index is 2.97.